The lowest BCUT2D eigenvalue weighted by Crippen LogP contribution is -2.45. The van der Waals surface area contributed by atoms with E-state index in [4.69, 9.17) is 9.05 Å². The maximum absolute atomic E-state index is 12.9. The van der Waals surface area contributed by atoms with E-state index in [1.165, 1.54) is 103 Å². The topological polar surface area (TPSA) is 105 Å². The Bertz CT molecular complexity index is 1190. The van der Waals surface area contributed by atoms with Crippen molar-refractivity contribution in [2.45, 2.75) is 199 Å². The van der Waals surface area contributed by atoms with Crippen molar-refractivity contribution < 1.29 is 32.9 Å². The van der Waals surface area contributed by atoms with Gasteiger partial charge in [-0.2, -0.15) is 0 Å². The van der Waals surface area contributed by atoms with Gasteiger partial charge >= 0.3 is 7.82 Å². The van der Waals surface area contributed by atoms with Crippen LogP contribution in [0.2, 0.25) is 0 Å². The molecule has 8 nitrogen and oxygen atoms in total. The van der Waals surface area contributed by atoms with Crippen LogP contribution in [0.15, 0.2) is 72.9 Å². The van der Waals surface area contributed by atoms with Gasteiger partial charge in [0, 0.05) is 6.42 Å². The molecule has 3 N–H and O–H groups in total. The Hall–Kier alpha value is -2.06. The molecule has 0 bridgehead atoms. The maximum Gasteiger partial charge on any atom is 0.472 e. The van der Waals surface area contributed by atoms with Crippen LogP contribution < -0.4 is 5.32 Å². The molecule has 9 heteroatoms. The lowest BCUT2D eigenvalue weighted by molar-refractivity contribution is -0.870. The minimum atomic E-state index is -4.35. The summed E-state index contributed by atoms with van der Waals surface area (Å²) in [5.41, 5.74) is 0. The average Bonchev–Trinajstić information content (AvgIpc) is 3.19. The van der Waals surface area contributed by atoms with Crippen LogP contribution in [0, 0.1) is 0 Å². The van der Waals surface area contributed by atoms with E-state index in [9.17, 15) is 19.4 Å². The van der Waals surface area contributed by atoms with Gasteiger partial charge in [-0.15, -0.1) is 0 Å². The van der Waals surface area contributed by atoms with Crippen molar-refractivity contribution in [3.8, 4) is 0 Å². The largest absolute Gasteiger partial charge is 0.472 e. The molecular weight excluding hydrogens is 756 g/mol. The molecule has 0 aliphatic heterocycles. The van der Waals surface area contributed by atoms with Crippen LogP contribution >= 0.6 is 7.82 Å². The molecule has 0 aromatic heterocycles. The van der Waals surface area contributed by atoms with Gasteiger partial charge in [0.1, 0.15) is 13.2 Å². The van der Waals surface area contributed by atoms with Crippen molar-refractivity contribution in [1.82, 2.24) is 5.32 Å². The number of carbonyl (C=O) groups is 1. The SMILES string of the molecule is CC/C=C\C/C=C\C/C=C\C/C=C\CCCCCCCCCCCCCCC(=O)NC(COP(=O)(O)OCC[N+](C)(C)C)C(O)/C=C/CC/C=C/CCCCCCCC. The second kappa shape index (κ2) is 41.3. The normalized spacial score (nSPS) is 14.9. The number of allylic oxidation sites excluding steroid dienone is 11. The third-order valence-electron chi connectivity index (χ3n) is 10.2. The molecule has 59 heavy (non-hydrogen) atoms. The van der Waals surface area contributed by atoms with Gasteiger partial charge in [-0.25, -0.2) is 4.57 Å². The summed E-state index contributed by atoms with van der Waals surface area (Å²) in [5, 5.41) is 13.8. The van der Waals surface area contributed by atoms with Crippen molar-refractivity contribution in [2.75, 3.05) is 40.9 Å². The summed E-state index contributed by atoms with van der Waals surface area (Å²) in [5.74, 6) is -0.194. The summed E-state index contributed by atoms with van der Waals surface area (Å²) in [6.07, 6.45) is 55.5. The molecule has 0 aromatic rings. The van der Waals surface area contributed by atoms with Gasteiger partial charge in [0.25, 0.3) is 0 Å². The number of phosphoric acid groups is 1. The van der Waals surface area contributed by atoms with Crippen molar-refractivity contribution in [3.05, 3.63) is 72.9 Å². The van der Waals surface area contributed by atoms with Gasteiger partial charge < -0.3 is 19.8 Å². The number of aliphatic hydroxyl groups excluding tert-OH is 1. The van der Waals surface area contributed by atoms with E-state index in [2.05, 4.69) is 79.9 Å². The molecular formula is C50H92N2O6P+. The number of amides is 1. The highest BCUT2D eigenvalue weighted by Gasteiger charge is 2.27. The van der Waals surface area contributed by atoms with Crippen molar-refractivity contribution in [1.29, 1.82) is 0 Å². The molecule has 0 aromatic carbocycles. The number of carbonyl (C=O) groups excluding carboxylic acids is 1. The summed E-state index contributed by atoms with van der Waals surface area (Å²) < 4.78 is 23.5. The Kier molecular flexibility index (Phi) is 39.9. The minimum Gasteiger partial charge on any atom is -0.387 e. The van der Waals surface area contributed by atoms with Gasteiger partial charge in [-0.1, -0.05) is 183 Å². The fourth-order valence-electron chi connectivity index (χ4n) is 6.40. The maximum atomic E-state index is 12.9. The molecule has 0 spiro atoms. The number of hydrogen-bond acceptors (Lipinski definition) is 5. The van der Waals surface area contributed by atoms with Gasteiger partial charge in [-0.05, 0) is 70.6 Å². The number of aliphatic hydroxyl groups is 1. The predicted molar refractivity (Wildman–Crippen MR) is 253 cm³/mol. The molecule has 3 atom stereocenters. The van der Waals surface area contributed by atoms with E-state index in [0.29, 0.717) is 17.4 Å². The highest BCUT2D eigenvalue weighted by atomic mass is 31.2. The molecule has 0 aliphatic carbocycles. The lowest BCUT2D eigenvalue weighted by atomic mass is 10.0. The average molecular weight is 848 g/mol. The number of nitrogens with zero attached hydrogens (tertiary/aromatic N) is 1. The van der Waals surface area contributed by atoms with Crippen molar-refractivity contribution >= 4 is 13.7 Å². The Morgan fingerprint density at radius 3 is 1.56 bits per heavy atom. The number of unbranched alkanes of at least 4 members (excludes halogenated alkanes) is 19. The van der Waals surface area contributed by atoms with Gasteiger partial charge in [-0.3, -0.25) is 13.8 Å². The first kappa shape index (κ1) is 56.9. The number of phosphoric ester groups is 1. The summed E-state index contributed by atoms with van der Waals surface area (Å²) in [4.78, 5) is 23.1. The molecule has 0 radical (unpaired) electrons. The highest BCUT2D eigenvalue weighted by Crippen LogP contribution is 2.43. The first-order valence-corrected chi connectivity index (χ1v) is 25.3. The Morgan fingerprint density at radius 2 is 1.03 bits per heavy atom. The summed E-state index contributed by atoms with van der Waals surface area (Å²) in [7, 11) is 1.54. The molecule has 1 amide bonds. The van der Waals surface area contributed by atoms with Gasteiger partial charge in [0.05, 0.1) is 39.9 Å². The van der Waals surface area contributed by atoms with Crippen LogP contribution in [0.5, 0.6) is 0 Å². The minimum absolute atomic E-state index is 0.0529. The third-order valence-corrected chi connectivity index (χ3v) is 11.1. The number of rotatable bonds is 42. The fourth-order valence-corrected chi connectivity index (χ4v) is 7.14. The first-order valence-electron chi connectivity index (χ1n) is 23.8. The number of hydrogen-bond donors (Lipinski definition) is 3. The van der Waals surface area contributed by atoms with E-state index >= 15 is 0 Å². The Balaban J connectivity index is 4.27. The van der Waals surface area contributed by atoms with E-state index in [1.807, 2.05) is 27.2 Å². The summed E-state index contributed by atoms with van der Waals surface area (Å²) >= 11 is 0. The molecule has 0 heterocycles. The second-order valence-electron chi connectivity index (χ2n) is 17.1. The lowest BCUT2D eigenvalue weighted by Gasteiger charge is -2.25. The summed E-state index contributed by atoms with van der Waals surface area (Å²) in [6.45, 7) is 4.65. The summed E-state index contributed by atoms with van der Waals surface area (Å²) in [6, 6.07) is -0.866. The number of likely N-dealkylation sites (N-methyl/N-ethyl adjacent to an activating group) is 1. The van der Waals surface area contributed by atoms with Crippen LogP contribution in [-0.2, 0) is 18.4 Å². The van der Waals surface area contributed by atoms with Crippen molar-refractivity contribution in [3.63, 3.8) is 0 Å². The monoisotopic (exact) mass is 848 g/mol. The van der Waals surface area contributed by atoms with Crippen LogP contribution in [0.4, 0.5) is 0 Å². The van der Waals surface area contributed by atoms with Crippen LogP contribution in [0.1, 0.15) is 187 Å². The van der Waals surface area contributed by atoms with E-state index in [1.54, 1.807) is 6.08 Å². The van der Waals surface area contributed by atoms with Gasteiger partial charge in [0.2, 0.25) is 5.91 Å². The Labute approximate surface area is 364 Å². The van der Waals surface area contributed by atoms with E-state index in [0.717, 1.165) is 64.2 Å². The first-order chi connectivity index (χ1) is 28.5. The smallest absolute Gasteiger partial charge is 0.387 e. The fraction of sp³-hybridized carbons (Fsp3) is 0.740. The van der Waals surface area contributed by atoms with Crippen LogP contribution in [0.25, 0.3) is 0 Å². The Morgan fingerprint density at radius 1 is 0.593 bits per heavy atom. The highest BCUT2D eigenvalue weighted by molar-refractivity contribution is 7.47. The van der Waals surface area contributed by atoms with E-state index < -0.39 is 20.0 Å². The molecule has 0 rings (SSSR count). The van der Waals surface area contributed by atoms with Crippen LogP contribution in [-0.4, -0.2) is 73.4 Å². The zero-order chi connectivity index (χ0) is 43.6. The zero-order valence-electron chi connectivity index (χ0n) is 38.7. The second-order valence-corrected chi connectivity index (χ2v) is 18.5. The number of nitrogens with one attached hydrogen (secondary N) is 1. The quantitative estimate of drug-likeness (QED) is 0.0245. The molecule has 3 unspecified atom stereocenters. The molecule has 0 saturated carbocycles. The van der Waals surface area contributed by atoms with Crippen LogP contribution in [0.3, 0.4) is 0 Å². The third kappa shape index (κ3) is 43.8. The zero-order valence-corrected chi connectivity index (χ0v) is 39.6. The standard InChI is InChI=1S/C50H91N2O6P/c1-6-8-10-12-14-16-18-20-21-22-23-24-25-26-27-28-29-30-31-32-34-36-38-40-42-44-50(54)51-48(47-58-59(55,56)57-46-45-52(3,4)5)49(53)43-41-39-37-35-33-19-17-15-13-11-9-7-2/h8,10,14,16,20-21,23-24,33,35,41,43,48-49,53H,6-7,9,11-13,15,17-19,22,25-32,34,36-40,42,44-47H2,1-5H3,(H-,51,54,55,56)/p+1/b10-8-,16-14-,21-20-,24-23-,35-33+,43-41+. The molecule has 0 saturated heterocycles. The number of quaternary nitrogens is 1. The molecule has 342 valence electrons. The molecule has 0 aliphatic rings. The predicted octanol–water partition coefficient (Wildman–Crippen LogP) is 13.6. The van der Waals surface area contributed by atoms with E-state index in [-0.39, 0.29) is 19.1 Å². The molecule has 0 fully saturated rings. The van der Waals surface area contributed by atoms with Crippen molar-refractivity contribution in [2.24, 2.45) is 0 Å². The van der Waals surface area contributed by atoms with Gasteiger partial charge in [0.15, 0.2) is 0 Å².